The number of hydrogen-bond donors (Lipinski definition) is 1. The highest BCUT2D eigenvalue weighted by Crippen LogP contribution is 2.18. The fourth-order valence-corrected chi connectivity index (χ4v) is 2.01. The number of carbonyl (C=O) groups is 1. The molecule has 1 N–H and O–H groups in total. The van der Waals surface area contributed by atoms with Gasteiger partial charge in [0.25, 0.3) is 0 Å². The lowest BCUT2D eigenvalue weighted by Crippen LogP contribution is -2.26. The number of carbonyl (C=O) groups excluding carboxylic acids is 1. The molecule has 0 aromatic heterocycles. The number of halogens is 1. The van der Waals surface area contributed by atoms with E-state index >= 15 is 0 Å². The number of nitrogens with one attached hydrogen (secondary N) is 1. The highest BCUT2D eigenvalue weighted by molar-refractivity contribution is 9.09. The van der Waals surface area contributed by atoms with Gasteiger partial charge in [-0.05, 0) is 24.0 Å². The second-order valence-electron chi connectivity index (χ2n) is 4.55. The number of benzene rings is 1. The quantitative estimate of drug-likeness (QED) is 0.824. The summed E-state index contributed by atoms with van der Waals surface area (Å²) in [5, 5.41) is 3.68. The van der Waals surface area contributed by atoms with Crippen LogP contribution in [0.4, 0.5) is 0 Å². The maximum absolute atomic E-state index is 11.5. The van der Waals surface area contributed by atoms with Gasteiger partial charge in [0.1, 0.15) is 0 Å². The van der Waals surface area contributed by atoms with Gasteiger partial charge in [0.15, 0.2) is 0 Å². The van der Waals surface area contributed by atoms with E-state index in [-0.39, 0.29) is 11.9 Å². The molecule has 0 bridgehead atoms. The van der Waals surface area contributed by atoms with Crippen LogP contribution in [0.3, 0.4) is 0 Å². The van der Waals surface area contributed by atoms with Crippen molar-refractivity contribution < 1.29 is 4.79 Å². The first-order valence-electron chi connectivity index (χ1n) is 5.99. The molecule has 0 heterocycles. The highest BCUT2D eigenvalue weighted by Gasteiger charge is 2.09. The van der Waals surface area contributed by atoms with Crippen molar-refractivity contribution in [3.8, 4) is 0 Å². The third-order valence-electron chi connectivity index (χ3n) is 2.80. The molecule has 0 aliphatic rings. The summed E-state index contributed by atoms with van der Waals surface area (Å²) in [7, 11) is 0. The van der Waals surface area contributed by atoms with Crippen LogP contribution in [0.15, 0.2) is 24.3 Å². The highest BCUT2D eigenvalue weighted by atomic mass is 79.9. The molecule has 1 amide bonds. The molecule has 2 nitrogen and oxygen atoms in total. The van der Waals surface area contributed by atoms with Crippen molar-refractivity contribution in [2.75, 3.05) is 5.33 Å². The Morgan fingerprint density at radius 1 is 1.18 bits per heavy atom. The molecule has 17 heavy (non-hydrogen) atoms. The molecule has 1 atom stereocenters. The van der Waals surface area contributed by atoms with Crippen LogP contribution in [-0.2, 0) is 4.79 Å². The Morgan fingerprint density at radius 2 is 1.71 bits per heavy atom. The van der Waals surface area contributed by atoms with E-state index in [0.717, 1.165) is 5.56 Å². The van der Waals surface area contributed by atoms with Crippen LogP contribution in [0.1, 0.15) is 50.3 Å². The minimum atomic E-state index is 0.0720. The average molecular weight is 298 g/mol. The van der Waals surface area contributed by atoms with Crippen LogP contribution in [-0.4, -0.2) is 11.2 Å². The Labute approximate surface area is 112 Å². The fraction of sp³-hybridized carbons (Fsp3) is 0.500. The zero-order valence-corrected chi connectivity index (χ0v) is 12.3. The molecular formula is C14H20BrNO. The normalized spacial score (nSPS) is 12.5. The summed E-state index contributed by atoms with van der Waals surface area (Å²) in [6, 6.07) is 8.52. The zero-order chi connectivity index (χ0) is 12.8. The molecule has 1 rings (SSSR count). The van der Waals surface area contributed by atoms with Crippen LogP contribution in [0.5, 0.6) is 0 Å². The van der Waals surface area contributed by atoms with Crippen molar-refractivity contribution in [2.45, 2.75) is 39.2 Å². The fourth-order valence-electron chi connectivity index (χ4n) is 1.65. The van der Waals surface area contributed by atoms with Gasteiger partial charge in [0, 0.05) is 11.8 Å². The van der Waals surface area contributed by atoms with Crippen molar-refractivity contribution in [2.24, 2.45) is 0 Å². The van der Waals surface area contributed by atoms with Crippen molar-refractivity contribution >= 4 is 21.8 Å². The second-order valence-corrected chi connectivity index (χ2v) is 5.34. The minimum absolute atomic E-state index is 0.0720. The van der Waals surface area contributed by atoms with E-state index in [1.54, 1.807) is 0 Å². The van der Waals surface area contributed by atoms with Crippen LogP contribution >= 0.6 is 15.9 Å². The number of rotatable bonds is 5. The smallest absolute Gasteiger partial charge is 0.221 e. The third-order valence-corrected chi connectivity index (χ3v) is 3.20. The van der Waals surface area contributed by atoms with Crippen LogP contribution < -0.4 is 5.32 Å². The lowest BCUT2D eigenvalue weighted by Gasteiger charge is -2.15. The molecular weight excluding hydrogens is 278 g/mol. The molecule has 0 aliphatic carbocycles. The van der Waals surface area contributed by atoms with E-state index in [0.29, 0.717) is 17.7 Å². The summed E-state index contributed by atoms with van der Waals surface area (Å²) >= 11 is 3.26. The standard InChI is InChI=1S/C14H20BrNO/c1-10(2)12-4-6-13(7-5-12)11(3)16-14(17)8-9-15/h4-7,10-11H,8-9H2,1-3H3,(H,16,17). The lowest BCUT2D eigenvalue weighted by molar-refractivity contribution is -0.121. The van der Waals surface area contributed by atoms with Crippen LogP contribution in [0.2, 0.25) is 0 Å². The van der Waals surface area contributed by atoms with E-state index < -0.39 is 0 Å². The number of alkyl halides is 1. The maximum Gasteiger partial charge on any atom is 0.221 e. The van der Waals surface area contributed by atoms with Crippen LogP contribution in [0, 0.1) is 0 Å². The minimum Gasteiger partial charge on any atom is -0.350 e. The van der Waals surface area contributed by atoms with Gasteiger partial charge in [-0.1, -0.05) is 54.0 Å². The zero-order valence-electron chi connectivity index (χ0n) is 10.7. The van der Waals surface area contributed by atoms with Gasteiger partial charge >= 0.3 is 0 Å². The van der Waals surface area contributed by atoms with Crippen LogP contribution in [0.25, 0.3) is 0 Å². The van der Waals surface area contributed by atoms with Gasteiger partial charge in [-0.15, -0.1) is 0 Å². The van der Waals surface area contributed by atoms with Gasteiger partial charge in [-0.25, -0.2) is 0 Å². The third kappa shape index (κ3) is 4.50. The van der Waals surface area contributed by atoms with Gasteiger partial charge in [0.05, 0.1) is 6.04 Å². The van der Waals surface area contributed by atoms with E-state index in [2.05, 4.69) is 59.4 Å². The molecule has 1 aromatic rings. The van der Waals surface area contributed by atoms with Crippen molar-refractivity contribution in [3.63, 3.8) is 0 Å². The molecule has 0 radical (unpaired) electrons. The number of hydrogen-bond acceptors (Lipinski definition) is 1. The maximum atomic E-state index is 11.5. The van der Waals surface area contributed by atoms with E-state index in [9.17, 15) is 4.79 Å². The summed E-state index contributed by atoms with van der Waals surface area (Å²) in [6.07, 6.45) is 0.522. The van der Waals surface area contributed by atoms with Gasteiger partial charge in [-0.2, -0.15) is 0 Å². The molecule has 94 valence electrons. The van der Waals surface area contributed by atoms with Gasteiger partial charge in [0.2, 0.25) is 5.91 Å². The largest absolute Gasteiger partial charge is 0.350 e. The SMILES string of the molecule is CC(C)c1ccc(C(C)NC(=O)CCBr)cc1. The molecule has 3 heteroatoms. The molecule has 1 unspecified atom stereocenters. The summed E-state index contributed by atoms with van der Waals surface area (Å²) < 4.78 is 0. The van der Waals surface area contributed by atoms with E-state index in [4.69, 9.17) is 0 Å². The van der Waals surface area contributed by atoms with Gasteiger partial charge < -0.3 is 5.32 Å². The molecule has 0 saturated heterocycles. The van der Waals surface area contributed by atoms with Crippen molar-refractivity contribution in [1.82, 2.24) is 5.32 Å². The Bertz CT molecular complexity index is 359. The summed E-state index contributed by atoms with van der Waals surface area (Å²) in [5.74, 6) is 0.629. The predicted molar refractivity (Wildman–Crippen MR) is 75.5 cm³/mol. The van der Waals surface area contributed by atoms with Crippen molar-refractivity contribution in [3.05, 3.63) is 35.4 Å². The first-order valence-corrected chi connectivity index (χ1v) is 7.12. The molecule has 0 spiro atoms. The monoisotopic (exact) mass is 297 g/mol. The Morgan fingerprint density at radius 3 is 2.18 bits per heavy atom. The van der Waals surface area contributed by atoms with Gasteiger partial charge in [-0.3, -0.25) is 4.79 Å². The first kappa shape index (κ1) is 14.2. The van der Waals surface area contributed by atoms with Crippen molar-refractivity contribution in [1.29, 1.82) is 0 Å². The topological polar surface area (TPSA) is 29.1 Å². The van der Waals surface area contributed by atoms with E-state index in [1.807, 2.05) is 6.92 Å². The Balaban J connectivity index is 2.63. The molecule has 0 aliphatic heterocycles. The molecule has 0 saturated carbocycles. The molecule has 0 fully saturated rings. The Hall–Kier alpha value is -0.830. The Kier molecular flexibility index (Phi) is 5.69. The summed E-state index contributed by atoms with van der Waals surface area (Å²) in [5.41, 5.74) is 2.48. The summed E-state index contributed by atoms with van der Waals surface area (Å²) in [4.78, 5) is 11.5. The number of amides is 1. The average Bonchev–Trinajstić information content (AvgIpc) is 2.29. The summed E-state index contributed by atoms with van der Waals surface area (Å²) in [6.45, 7) is 6.36. The predicted octanol–water partition coefficient (Wildman–Crippen LogP) is 3.77. The molecule has 1 aromatic carbocycles. The second kappa shape index (κ2) is 6.80. The lowest BCUT2D eigenvalue weighted by atomic mass is 9.99. The van der Waals surface area contributed by atoms with E-state index in [1.165, 1.54) is 5.56 Å². The first-order chi connectivity index (χ1) is 8.04.